The van der Waals surface area contributed by atoms with E-state index in [-0.39, 0.29) is 17.7 Å². The molecule has 5 rings (SSSR count). The number of ether oxygens (including phenoxy) is 2. The molecule has 0 spiro atoms. The molecule has 0 radical (unpaired) electrons. The topological polar surface area (TPSA) is 55.8 Å². The highest BCUT2D eigenvalue weighted by Gasteiger charge is 2.35. The number of halogens is 1. The number of carbonyl (C=O) groups is 2. The van der Waals surface area contributed by atoms with Crippen molar-refractivity contribution in [1.82, 2.24) is 4.90 Å². The van der Waals surface area contributed by atoms with Gasteiger partial charge in [-0.1, -0.05) is 72.3 Å². The van der Waals surface area contributed by atoms with E-state index < -0.39 is 0 Å². The van der Waals surface area contributed by atoms with Gasteiger partial charge in [0.25, 0.3) is 11.1 Å². The third-order valence-electron chi connectivity index (χ3n) is 5.88. The minimum Gasteiger partial charge on any atom is -0.493 e. The Morgan fingerprint density at radius 2 is 1.69 bits per heavy atom. The fourth-order valence-electron chi connectivity index (χ4n) is 4.02. The van der Waals surface area contributed by atoms with Gasteiger partial charge < -0.3 is 9.47 Å². The number of imide groups is 1. The van der Waals surface area contributed by atoms with E-state index in [0.29, 0.717) is 28.0 Å². The standard InChI is InChI=1S/C29H22ClNO4S/c1-34-26-15-20(11-14-25(26)35-18-19-9-12-23(30)13-10-19)16-27-28(32)31(29(33)36-27)17-22-7-4-6-21-5-2-3-8-24(21)22/h2-16H,17-18H2,1H3/b27-16-. The molecule has 1 aliphatic rings. The summed E-state index contributed by atoms with van der Waals surface area (Å²) in [5.74, 6) is 0.807. The third-order valence-corrected chi connectivity index (χ3v) is 7.03. The minimum atomic E-state index is -0.306. The minimum absolute atomic E-state index is 0.226. The van der Waals surface area contributed by atoms with E-state index in [0.717, 1.165) is 39.2 Å². The molecule has 5 nitrogen and oxygen atoms in total. The molecule has 4 aromatic carbocycles. The van der Waals surface area contributed by atoms with Crippen molar-refractivity contribution in [3.63, 3.8) is 0 Å². The summed E-state index contributed by atoms with van der Waals surface area (Å²) < 4.78 is 11.4. The number of methoxy groups -OCH3 is 1. The van der Waals surface area contributed by atoms with Gasteiger partial charge in [0.15, 0.2) is 11.5 Å². The maximum atomic E-state index is 13.1. The Bertz CT molecular complexity index is 1480. The molecule has 0 atom stereocenters. The zero-order valence-corrected chi connectivity index (χ0v) is 21.0. The summed E-state index contributed by atoms with van der Waals surface area (Å²) in [6, 6.07) is 26.7. The second kappa shape index (κ2) is 10.5. The second-order valence-electron chi connectivity index (χ2n) is 8.23. The molecule has 36 heavy (non-hydrogen) atoms. The number of hydrogen-bond donors (Lipinski definition) is 0. The lowest BCUT2D eigenvalue weighted by Gasteiger charge is -2.14. The quantitative estimate of drug-likeness (QED) is 0.241. The van der Waals surface area contributed by atoms with Crippen molar-refractivity contribution in [3.8, 4) is 11.5 Å². The summed E-state index contributed by atoms with van der Waals surface area (Å²) in [5.41, 5.74) is 2.65. The van der Waals surface area contributed by atoms with E-state index in [1.807, 2.05) is 72.8 Å². The Morgan fingerprint density at radius 3 is 2.50 bits per heavy atom. The van der Waals surface area contributed by atoms with Gasteiger partial charge in [-0.15, -0.1) is 0 Å². The van der Waals surface area contributed by atoms with Crippen LogP contribution in [0.5, 0.6) is 11.5 Å². The maximum Gasteiger partial charge on any atom is 0.293 e. The second-order valence-corrected chi connectivity index (χ2v) is 9.66. The highest BCUT2D eigenvalue weighted by molar-refractivity contribution is 8.18. The number of nitrogens with zero attached hydrogens (tertiary/aromatic N) is 1. The van der Waals surface area contributed by atoms with Gasteiger partial charge in [0, 0.05) is 5.02 Å². The van der Waals surface area contributed by atoms with Crippen LogP contribution in [0.3, 0.4) is 0 Å². The zero-order valence-electron chi connectivity index (χ0n) is 19.4. The monoisotopic (exact) mass is 515 g/mol. The predicted molar refractivity (Wildman–Crippen MR) is 144 cm³/mol. The molecule has 0 aliphatic carbocycles. The number of thioether (sulfide) groups is 1. The first-order valence-corrected chi connectivity index (χ1v) is 12.5. The molecule has 0 aromatic heterocycles. The maximum absolute atomic E-state index is 13.1. The van der Waals surface area contributed by atoms with Gasteiger partial charge in [0.2, 0.25) is 0 Å². The molecular formula is C29H22ClNO4S. The van der Waals surface area contributed by atoms with E-state index >= 15 is 0 Å². The first-order chi connectivity index (χ1) is 17.5. The van der Waals surface area contributed by atoms with E-state index in [9.17, 15) is 9.59 Å². The Balaban J connectivity index is 1.33. The molecule has 0 bridgehead atoms. The molecule has 1 fully saturated rings. The molecule has 2 amide bonds. The number of benzene rings is 4. The summed E-state index contributed by atoms with van der Waals surface area (Å²) in [6.07, 6.45) is 1.71. The lowest BCUT2D eigenvalue weighted by molar-refractivity contribution is -0.123. The SMILES string of the molecule is COc1cc(/C=C2\SC(=O)N(Cc3cccc4ccccc34)C2=O)ccc1OCc1ccc(Cl)cc1. The van der Waals surface area contributed by atoms with Crippen LogP contribution in [0.15, 0.2) is 89.8 Å². The zero-order chi connectivity index (χ0) is 25.1. The Kier molecular flexibility index (Phi) is 6.98. The van der Waals surface area contributed by atoms with E-state index in [1.54, 1.807) is 25.3 Å². The first-order valence-electron chi connectivity index (χ1n) is 11.3. The van der Waals surface area contributed by atoms with Crippen molar-refractivity contribution < 1.29 is 19.1 Å². The average molecular weight is 516 g/mol. The van der Waals surface area contributed by atoms with E-state index in [1.165, 1.54) is 4.90 Å². The number of fused-ring (bicyclic) bond motifs is 1. The molecule has 0 N–H and O–H groups in total. The Morgan fingerprint density at radius 1 is 0.917 bits per heavy atom. The molecule has 180 valence electrons. The van der Waals surface area contributed by atoms with Crippen LogP contribution in [0.1, 0.15) is 16.7 Å². The summed E-state index contributed by atoms with van der Waals surface area (Å²) >= 11 is 6.88. The van der Waals surface area contributed by atoms with Crippen LogP contribution in [-0.4, -0.2) is 23.2 Å². The molecule has 1 aliphatic heterocycles. The largest absolute Gasteiger partial charge is 0.493 e. The molecule has 0 unspecified atom stereocenters. The molecular weight excluding hydrogens is 494 g/mol. The highest BCUT2D eigenvalue weighted by atomic mass is 35.5. The van der Waals surface area contributed by atoms with Gasteiger partial charge >= 0.3 is 0 Å². The van der Waals surface area contributed by atoms with Gasteiger partial charge in [-0.2, -0.15) is 0 Å². The van der Waals surface area contributed by atoms with Crippen molar-refractivity contribution in [1.29, 1.82) is 0 Å². The van der Waals surface area contributed by atoms with E-state index in [4.69, 9.17) is 21.1 Å². The van der Waals surface area contributed by atoms with Gasteiger partial charge in [0.05, 0.1) is 18.6 Å². The van der Waals surface area contributed by atoms with Crippen molar-refractivity contribution in [2.24, 2.45) is 0 Å². The van der Waals surface area contributed by atoms with Crippen LogP contribution in [0, 0.1) is 0 Å². The lowest BCUT2D eigenvalue weighted by atomic mass is 10.0. The Hall–Kier alpha value is -3.74. The normalized spacial score (nSPS) is 14.6. The molecule has 7 heteroatoms. The fraction of sp³-hybridized carbons (Fsp3) is 0.103. The Labute approximate surface area is 218 Å². The van der Waals surface area contributed by atoms with Crippen LogP contribution in [0.4, 0.5) is 4.79 Å². The van der Waals surface area contributed by atoms with Crippen molar-refractivity contribution >= 4 is 51.4 Å². The highest BCUT2D eigenvalue weighted by Crippen LogP contribution is 2.36. The summed E-state index contributed by atoms with van der Waals surface area (Å²) in [5, 5.41) is 2.49. The molecule has 4 aromatic rings. The molecule has 1 saturated heterocycles. The lowest BCUT2D eigenvalue weighted by Crippen LogP contribution is -2.27. The van der Waals surface area contributed by atoms with Gasteiger partial charge in [-0.05, 0) is 69.6 Å². The molecule has 1 heterocycles. The predicted octanol–water partition coefficient (Wildman–Crippen LogP) is 7.32. The number of rotatable bonds is 7. The summed E-state index contributed by atoms with van der Waals surface area (Å²) in [7, 11) is 1.56. The molecule has 0 saturated carbocycles. The number of hydrogen-bond acceptors (Lipinski definition) is 5. The number of amides is 2. The van der Waals surface area contributed by atoms with Crippen LogP contribution in [0.2, 0.25) is 5.02 Å². The van der Waals surface area contributed by atoms with Crippen molar-refractivity contribution in [3.05, 3.63) is 112 Å². The smallest absolute Gasteiger partial charge is 0.293 e. The van der Waals surface area contributed by atoms with Gasteiger partial charge in [0.1, 0.15) is 6.61 Å². The van der Waals surface area contributed by atoms with Crippen LogP contribution >= 0.6 is 23.4 Å². The number of carbonyl (C=O) groups excluding carboxylic acids is 2. The average Bonchev–Trinajstić information content (AvgIpc) is 3.16. The fourth-order valence-corrected chi connectivity index (χ4v) is 4.99. The van der Waals surface area contributed by atoms with Crippen molar-refractivity contribution in [2.75, 3.05) is 7.11 Å². The first kappa shape index (κ1) is 24.0. The summed E-state index contributed by atoms with van der Waals surface area (Å²) in [6.45, 7) is 0.587. The van der Waals surface area contributed by atoms with Crippen LogP contribution < -0.4 is 9.47 Å². The third kappa shape index (κ3) is 5.10. The van der Waals surface area contributed by atoms with Crippen molar-refractivity contribution in [2.45, 2.75) is 13.2 Å². The van der Waals surface area contributed by atoms with Gasteiger partial charge in [-0.3, -0.25) is 14.5 Å². The van der Waals surface area contributed by atoms with E-state index in [2.05, 4.69) is 0 Å². The van der Waals surface area contributed by atoms with Crippen LogP contribution in [-0.2, 0) is 17.9 Å². The summed E-state index contributed by atoms with van der Waals surface area (Å²) in [4.78, 5) is 27.5. The van der Waals surface area contributed by atoms with Gasteiger partial charge in [-0.25, -0.2) is 0 Å². The van der Waals surface area contributed by atoms with Crippen LogP contribution in [0.25, 0.3) is 16.8 Å².